The second kappa shape index (κ2) is 5.49. The summed E-state index contributed by atoms with van der Waals surface area (Å²) in [5, 5.41) is 0. The Morgan fingerprint density at radius 1 is 1.33 bits per heavy atom. The second-order valence-corrected chi connectivity index (χ2v) is 4.69. The maximum atomic E-state index is 11.6. The molecule has 0 aliphatic carbocycles. The summed E-state index contributed by atoms with van der Waals surface area (Å²) in [6.45, 7) is 0.176. The summed E-state index contributed by atoms with van der Waals surface area (Å²) in [6, 6.07) is 5.43. The van der Waals surface area contributed by atoms with Crippen molar-refractivity contribution in [3.8, 4) is 5.75 Å². The minimum atomic E-state index is -0.307. The molecule has 0 unspecified atom stereocenters. The van der Waals surface area contributed by atoms with Gasteiger partial charge in [0.1, 0.15) is 19.0 Å². The molecule has 1 saturated heterocycles. The van der Waals surface area contributed by atoms with Crippen LogP contribution in [-0.2, 0) is 20.9 Å². The van der Waals surface area contributed by atoms with Gasteiger partial charge in [-0.15, -0.1) is 0 Å². The number of methoxy groups -OCH3 is 1. The fourth-order valence-electron chi connectivity index (χ4n) is 1.69. The number of ether oxygens (including phenoxy) is 2. The molecule has 1 aromatic rings. The molecular formula is C12H12BrNO4. The normalized spacial score (nSPS) is 16.0. The number of hydrogen-bond acceptors (Lipinski definition) is 4. The lowest BCUT2D eigenvalue weighted by Crippen LogP contribution is -2.45. The first-order chi connectivity index (χ1) is 8.61. The van der Waals surface area contributed by atoms with E-state index >= 15 is 0 Å². The second-order valence-electron chi connectivity index (χ2n) is 3.84. The van der Waals surface area contributed by atoms with Crippen LogP contribution < -0.4 is 4.74 Å². The third-order valence-electron chi connectivity index (χ3n) is 2.61. The molecule has 1 fully saturated rings. The zero-order chi connectivity index (χ0) is 13.1. The first kappa shape index (κ1) is 13.0. The molecule has 1 aliphatic heterocycles. The molecule has 0 N–H and O–H groups in total. The summed E-state index contributed by atoms with van der Waals surface area (Å²) in [5.41, 5.74) is 0.853. The van der Waals surface area contributed by atoms with Gasteiger partial charge in [0.15, 0.2) is 0 Å². The Morgan fingerprint density at radius 3 is 2.56 bits per heavy atom. The molecule has 0 spiro atoms. The van der Waals surface area contributed by atoms with E-state index in [0.29, 0.717) is 5.75 Å². The largest absolute Gasteiger partial charge is 0.496 e. The van der Waals surface area contributed by atoms with Crippen LogP contribution in [0.3, 0.4) is 0 Å². The van der Waals surface area contributed by atoms with Crippen molar-refractivity contribution in [2.45, 2.75) is 6.54 Å². The van der Waals surface area contributed by atoms with Crippen molar-refractivity contribution < 1.29 is 19.1 Å². The molecule has 96 valence electrons. The molecule has 0 bridgehead atoms. The predicted molar refractivity (Wildman–Crippen MR) is 67.1 cm³/mol. The van der Waals surface area contributed by atoms with Gasteiger partial charge in [0.2, 0.25) is 0 Å². The van der Waals surface area contributed by atoms with Gasteiger partial charge in [0, 0.05) is 0 Å². The van der Waals surface area contributed by atoms with Crippen molar-refractivity contribution in [2.75, 3.05) is 20.3 Å². The number of nitrogens with zero attached hydrogens (tertiary/aromatic N) is 1. The molecule has 2 rings (SSSR count). The number of benzene rings is 1. The van der Waals surface area contributed by atoms with E-state index in [9.17, 15) is 9.59 Å². The molecule has 0 saturated carbocycles. The molecule has 5 nitrogen and oxygen atoms in total. The minimum absolute atomic E-state index is 0.0386. The monoisotopic (exact) mass is 313 g/mol. The van der Waals surface area contributed by atoms with E-state index in [0.717, 1.165) is 10.0 Å². The number of halogens is 1. The molecule has 2 amide bonds. The molecule has 0 atom stereocenters. The van der Waals surface area contributed by atoms with Gasteiger partial charge in [-0.2, -0.15) is 0 Å². The Balaban J connectivity index is 2.15. The Morgan fingerprint density at radius 2 is 2.00 bits per heavy atom. The molecule has 0 aromatic heterocycles. The van der Waals surface area contributed by atoms with Crippen LogP contribution >= 0.6 is 15.9 Å². The standard InChI is InChI=1S/C12H12BrNO4/c1-17-10-3-2-8(4-9(10)13)5-14-11(15)6-18-7-12(14)16/h2-4H,5-7H2,1H3. The van der Waals surface area contributed by atoms with Gasteiger partial charge in [-0.25, -0.2) is 0 Å². The zero-order valence-corrected chi connectivity index (χ0v) is 11.4. The van der Waals surface area contributed by atoms with Crippen molar-refractivity contribution in [1.82, 2.24) is 4.90 Å². The van der Waals surface area contributed by atoms with Crippen LogP contribution in [0.25, 0.3) is 0 Å². The topological polar surface area (TPSA) is 55.8 Å². The molecule has 1 aliphatic rings. The minimum Gasteiger partial charge on any atom is -0.496 e. The number of carbonyl (C=O) groups is 2. The molecule has 6 heteroatoms. The highest BCUT2D eigenvalue weighted by Crippen LogP contribution is 2.26. The van der Waals surface area contributed by atoms with Crippen LogP contribution in [0.5, 0.6) is 5.75 Å². The van der Waals surface area contributed by atoms with Crippen LogP contribution in [-0.4, -0.2) is 37.0 Å². The highest BCUT2D eigenvalue weighted by molar-refractivity contribution is 9.10. The highest BCUT2D eigenvalue weighted by Gasteiger charge is 2.26. The quantitative estimate of drug-likeness (QED) is 0.790. The number of morpholine rings is 1. The van der Waals surface area contributed by atoms with E-state index in [1.54, 1.807) is 13.2 Å². The van der Waals surface area contributed by atoms with Gasteiger partial charge in [-0.3, -0.25) is 14.5 Å². The van der Waals surface area contributed by atoms with Gasteiger partial charge >= 0.3 is 0 Å². The van der Waals surface area contributed by atoms with E-state index in [2.05, 4.69) is 15.9 Å². The first-order valence-corrected chi connectivity index (χ1v) is 6.14. The average Bonchev–Trinajstić information content (AvgIpc) is 2.34. The Bertz CT molecular complexity index is 473. The lowest BCUT2D eigenvalue weighted by Gasteiger charge is -2.25. The lowest BCUT2D eigenvalue weighted by molar-refractivity contribution is -0.159. The number of rotatable bonds is 3. The summed E-state index contributed by atoms with van der Waals surface area (Å²) < 4.78 is 10.8. The van der Waals surface area contributed by atoms with Crippen LogP contribution in [0, 0.1) is 0 Å². The molecule has 1 aromatic carbocycles. The maximum Gasteiger partial charge on any atom is 0.255 e. The Labute approximate surface area is 113 Å². The van der Waals surface area contributed by atoms with Gasteiger partial charge in [0.25, 0.3) is 11.8 Å². The third-order valence-corrected chi connectivity index (χ3v) is 3.23. The number of carbonyl (C=O) groups excluding carboxylic acids is 2. The molecule has 18 heavy (non-hydrogen) atoms. The van der Waals surface area contributed by atoms with Crippen molar-refractivity contribution in [3.05, 3.63) is 28.2 Å². The number of amides is 2. The fourth-order valence-corrected chi connectivity index (χ4v) is 2.28. The molecule has 0 radical (unpaired) electrons. The van der Waals surface area contributed by atoms with Crippen LogP contribution in [0.2, 0.25) is 0 Å². The van der Waals surface area contributed by atoms with Crippen molar-refractivity contribution in [1.29, 1.82) is 0 Å². The summed E-state index contributed by atoms with van der Waals surface area (Å²) in [6.07, 6.45) is 0. The van der Waals surface area contributed by atoms with Crippen molar-refractivity contribution in [2.24, 2.45) is 0 Å². The summed E-state index contributed by atoms with van der Waals surface area (Å²) in [5.74, 6) is 0.0924. The smallest absolute Gasteiger partial charge is 0.255 e. The van der Waals surface area contributed by atoms with E-state index in [4.69, 9.17) is 9.47 Å². The van der Waals surface area contributed by atoms with Gasteiger partial charge in [0.05, 0.1) is 18.1 Å². The zero-order valence-electron chi connectivity index (χ0n) is 9.81. The van der Waals surface area contributed by atoms with Crippen molar-refractivity contribution >= 4 is 27.7 Å². The summed E-state index contributed by atoms with van der Waals surface area (Å²) >= 11 is 3.36. The number of hydrogen-bond donors (Lipinski definition) is 0. The fraction of sp³-hybridized carbons (Fsp3) is 0.333. The number of imide groups is 1. The van der Waals surface area contributed by atoms with Crippen LogP contribution in [0.15, 0.2) is 22.7 Å². The van der Waals surface area contributed by atoms with Crippen LogP contribution in [0.4, 0.5) is 0 Å². The summed E-state index contributed by atoms with van der Waals surface area (Å²) in [7, 11) is 1.58. The van der Waals surface area contributed by atoms with E-state index < -0.39 is 0 Å². The Hall–Kier alpha value is -1.40. The van der Waals surface area contributed by atoms with Gasteiger partial charge in [-0.05, 0) is 33.6 Å². The van der Waals surface area contributed by atoms with E-state index in [-0.39, 0.29) is 31.6 Å². The van der Waals surface area contributed by atoms with E-state index in [1.165, 1.54) is 4.90 Å². The van der Waals surface area contributed by atoms with Crippen molar-refractivity contribution in [3.63, 3.8) is 0 Å². The highest BCUT2D eigenvalue weighted by atomic mass is 79.9. The van der Waals surface area contributed by atoms with Gasteiger partial charge in [-0.1, -0.05) is 6.07 Å². The average molecular weight is 314 g/mol. The van der Waals surface area contributed by atoms with Crippen LogP contribution in [0.1, 0.15) is 5.56 Å². The first-order valence-electron chi connectivity index (χ1n) is 5.35. The van der Waals surface area contributed by atoms with E-state index in [1.807, 2.05) is 12.1 Å². The van der Waals surface area contributed by atoms with Gasteiger partial charge < -0.3 is 9.47 Å². The molecule has 1 heterocycles. The SMILES string of the molecule is COc1ccc(CN2C(=O)COCC2=O)cc1Br. The lowest BCUT2D eigenvalue weighted by atomic mass is 10.2. The maximum absolute atomic E-state index is 11.6. The molecular weight excluding hydrogens is 302 g/mol. The Kier molecular flexibility index (Phi) is 3.98. The summed E-state index contributed by atoms with van der Waals surface area (Å²) in [4.78, 5) is 24.3. The predicted octanol–water partition coefficient (Wildman–Crippen LogP) is 1.34. The third kappa shape index (κ3) is 2.70.